The molecule has 0 aromatic heterocycles. The fourth-order valence-electron chi connectivity index (χ4n) is 3.14. The number of piperazine rings is 1. The highest BCUT2D eigenvalue weighted by Gasteiger charge is 2.27. The first kappa shape index (κ1) is 18.9. The SMILES string of the molecule is CC(C)c1cccc(C(C)C)c1OC(=O)C(C)N1CCN(C)CC1. The predicted molar refractivity (Wildman–Crippen MR) is 98.8 cm³/mol. The number of carbonyl (C=O) groups is 1. The molecule has 4 heteroatoms. The van der Waals surface area contributed by atoms with E-state index in [9.17, 15) is 4.79 Å². The van der Waals surface area contributed by atoms with Gasteiger partial charge in [-0.2, -0.15) is 0 Å². The third-order valence-electron chi connectivity index (χ3n) is 4.95. The number of likely N-dealkylation sites (N-methyl/N-ethyl adjacent to an activating group) is 1. The van der Waals surface area contributed by atoms with Crippen LogP contribution in [0.1, 0.15) is 57.6 Å². The summed E-state index contributed by atoms with van der Waals surface area (Å²) < 4.78 is 5.95. The van der Waals surface area contributed by atoms with Crippen molar-refractivity contribution in [2.75, 3.05) is 33.2 Å². The zero-order valence-corrected chi connectivity index (χ0v) is 16.0. The van der Waals surface area contributed by atoms with E-state index in [4.69, 9.17) is 4.74 Å². The average molecular weight is 332 g/mol. The van der Waals surface area contributed by atoms with Crippen LogP contribution in [0.3, 0.4) is 0 Å². The van der Waals surface area contributed by atoms with E-state index in [1.807, 2.05) is 6.92 Å². The first-order valence-corrected chi connectivity index (χ1v) is 9.08. The van der Waals surface area contributed by atoms with Gasteiger partial charge in [-0.3, -0.25) is 4.90 Å². The van der Waals surface area contributed by atoms with E-state index in [2.05, 4.69) is 62.7 Å². The third-order valence-corrected chi connectivity index (χ3v) is 4.95. The Kier molecular flexibility index (Phi) is 6.41. The predicted octanol–water partition coefficient (Wildman–Crippen LogP) is 3.47. The summed E-state index contributed by atoms with van der Waals surface area (Å²) >= 11 is 0. The van der Waals surface area contributed by atoms with Gasteiger partial charge in [-0.1, -0.05) is 45.9 Å². The molecule has 0 N–H and O–H groups in total. The first-order valence-electron chi connectivity index (χ1n) is 9.08. The van der Waals surface area contributed by atoms with Crippen molar-refractivity contribution in [1.29, 1.82) is 0 Å². The quantitative estimate of drug-likeness (QED) is 0.610. The van der Waals surface area contributed by atoms with Crippen LogP contribution < -0.4 is 4.74 Å². The summed E-state index contributed by atoms with van der Waals surface area (Å²) in [5, 5.41) is 0. The van der Waals surface area contributed by atoms with Crippen molar-refractivity contribution in [2.24, 2.45) is 0 Å². The number of ether oxygens (including phenoxy) is 1. The van der Waals surface area contributed by atoms with Crippen molar-refractivity contribution in [2.45, 2.75) is 52.5 Å². The Balaban J connectivity index is 2.18. The maximum Gasteiger partial charge on any atom is 0.328 e. The molecule has 0 radical (unpaired) electrons. The van der Waals surface area contributed by atoms with Crippen LogP contribution in [0.2, 0.25) is 0 Å². The lowest BCUT2D eigenvalue weighted by atomic mass is 9.94. The van der Waals surface area contributed by atoms with Gasteiger partial charge in [0, 0.05) is 26.2 Å². The molecule has 1 aromatic carbocycles. The minimum atomic E-state index is -0.209. The van der Waals surface area contributed by atoms with Gasteiger partial charge in [0.05, 0.1) is 0 Å². The van der Waals surface area contributed by atoms with Crippen LogP contribution in [-0.2, 0) is 4.79 Å². The van der Waals surface area contributed by atoms with Crippen molar-refractivity contribution in [3.63, 3.8) is 0 Å². The Hall–Kier alpha value is -1.39. The smallest absolute Gasteiger partial charge is 0.328 e. The van der Waals surface area contributed by atoms with Gasteiger partial charge in [-0.15, -0.1) is 0 Å². The molecular formula is C20H32N2O2. The molecule has 0 spiro atoms. The van der Waals surface area contributed by atoms with Crippen LogP contribution in [0.25, 0.3) is 0 Å². The van der Waals surface area contributed by atoms with Gasteiger partial charge in [-0.05, 0) is 36.9 Å². The average Bonchev–Trinajstić information content (AvgIpc) is 2.54. The Morgan fingerprint density at radius 3 is 1.92 bits per heavy atom. The standard InChI is InChI=1S/C20H32N2O2/c1-14(2)17-8-7-9-18(15(3)4)19(17)24-20(23)16(5)22-12-10-21(6)11-13-22/h7-9,14-16H,10-13H2,1-6H3. The molecule has 24 heavy (non-hydrogen) atoms. The largest absolute Gasteiger partial charge is 0.425 e. The van der Waals surface area contributed by atoms with Gasteiger partial charge in [0.1, 0.15) is 11.8 Å². The number of esters is 1. The summed E-state index contributed by atoms with van der Waals surface area (Å²) in [6.07, 6.45) is 0. The molecule has 1 aliphatic rings. The number of nitrogens with zero attached hydrogens (tertiary/aromatic N) is 2. The van der Waals surface area contributed by atoms with E-state index < -0.39 is 0 Å². The van der Waals surface area contributed by atoms with Gasteiger partial charge >= 0.3 is 5.97 Å². The Labute approximate surface area is 146 Å². The Morgan fingerprint density at radius 1 is 0.958 bits per heavy atom. The summed E-state index contributed by atoms with van der Waals surface area (Å²) in [5.41, 5.74) is 2.22. The minimum absolute atomic E-state index is 0.144. The maximum absolute atomic E-state index is 12.8. The zero-order chi connectivity index (χ0) is 17.9. The number of rotatable bonds is 5. The van der Waals surface area contributed by atoms with E-state index >= 15 is 0 Å². The highest BCUT2D eigenvalue weighted by molar-refractivity contribution is 5.78. The molecule has 1 aromatic rings. The summed E-state index contributed by atoms with van der Waals surface area (Å²) in [6.45, 7) is 14.3. The summed E-state index contributed by atoms with van der Waals surface area (Å²) in [6, 6.07) is 5.99. The molecule has 1 atom stereocenters. The van der Waals surface area contributed by atoms with Crippen molar-refractivity contribution in [1.82, 2.24) is 9.80 Å². The minimum Gasteiger partial charge on any atom is -0.425 e. The van der Waals surface area contributed by atoms with Crippen LogP contribution in [0.4, 0.5) is 0 Å². The highest BCUT2D eigenvalue weighted by Crippen LogP contribution is 2.34. The fourth-order valence-corrected chi connectivity index (χ4v) is 3.14. The fraction of sp³-hybridized carbons (Fsp3) is 0.650. The van der Waals surface area contributed by atoms with Gasteiger partial charge in [0.15, 0.2) is 0 Å². The van der Waals surface area contributed by atoms with Crippen LogP contribution >= 0.6 is 0 Å². The van der Waals surface area contributed by atoms with E-state index in [1.54, 1.807) is 0 Å². The molecule has 1 saturated heterocycles. The molecule has 1 heterocycles. The molecule has 1 unspecified atom stereocenters. The number of para-hydroxylation sites is 1. The lowest BCUT2D eigenvalue weighted by Crippen LogP contribution is -2.51. The normalized spacial score (nSPS) is 18.2. The van der Waals surface area contributed by atoms with E-state index in [1.165, 1.54) is 0 Å². The monoisotopic (exact) mass is 332 g/mol. The molecule has 0 aliphatic carbocycles. The van der Waals surface area contributed by atoms with Gasteiger partial charge in [-0.25, -0.2) is 4.79 Å². The maximum atomic E-state index is 12.8. The second-order valence-electron chi connectivity index (χ2n) is 7.51. The number of carbonyl (C=O) groups excluding carboxylic acids is 1. The van der Waals surface area contributed by atoms with Crippen LogP contribution in [0, 0.1) is 0 Å². The molecule has 134 valence electrons. The molecule has 4 nitrogen and oxygen atoms in total. The molecule has 1 aliphatic heterocycles. The lowest BCUT2D eigenvalue weighted by Gasteiger charge is -2.35. The second-order valence-corrected chi connectivity index (χ2v) is 7.51. The van der Waals surface area contributed by atoms with Gasteiger partial charge in [0.2, 0.25) is 0 Å². The van der Waals surface area contributed by atoms with Crippen molar-refractivity contribution in [3.05, 3.63) is 29.3 Å². The van der Waals surface area contributed by atoms with Gasteiger partial charge in [0.25, 0.3) is 0 Å². The molecule has 0 saturated carbocycles. The van der Waals surface area contributed by atoms with Crippen LogP contribution in [0.15, 0.2) is 18.2 Å². The number of hydrogen-bond donors (Lipinski definition) is 0. The number of hydrogen-bond acceptors (Lipinski definition) is 4. The van der Waals surface area contributed by atoms with E-state index in [0.29, 0.717) is 11.8 Å². The highest BCUT2D eigenvalue weighted by atomic mass is 16.5. The molecule has 2 rings (SSSR count). The van der Waals surface area contributed by atoms with Crippen molar-refractivity contribution in [3.8, 4) is 5.75 Å². The lowest BCUT2D eigenvalue weighted by molar-refractivity contribution is -0.140. The second kappa shape index (κ2) is 8.13. The van der Waals surface area contributed by atoms with E-state index in [0.717, 1.165) is 43.1 Å². The summed E-state index contributed by atoms with van der Waals surface area (Å²) in [7, 11) is 2.12. The molecular weight excluding hydrogens is 300 g/mol. The molecule has 0 bridgehead atoms. The van der Waals surface area contributed by atoms with Crippen molar-refractivity contribution >= 4 is 5.97 Å². The van der Waals surface area contributed by atoms with Crippen molar-refractivity contribution < 1.29 is 9.53 Å². The molecule has 1 fully saturated rings. The summed E-state index contributed by atoms with van der Waals surface area (Å²) in [4.78, 5) is 17.3. The number of benzene rings is 1. The van der Waals surface area contributed by atoms with Gasteiger partial charge < -0.3 is 9.64 Å². The Bertz CT molecular complexity index is 535. The molecule has 0 amide bonds. The Morgan fingerprint density at radius 2 is 1.46 bits per heavy atom. The first-order chi connectivity index (χ1) is 11.3. The van der Waals surface area contributed by atoms with E-state index in [-0.39, 0.29) is 12.0 Å². The summed E-state index contributed by atoms with van der Waals surface area (Å²) in [5.74, 6) is 1.28. The topological polar surface area (TPSA) is 32.8 Å². The zero-order valence-electron chi connectivity index (χ0n) is 16.0. The van der Waals surface area contributed by atoms with Crippen LogP contribution in [-0.4, -0.2) is 55.0 Å². The van der Waals surface area contributed by atoms with Crippen LogP contribution in [0.5, 0.6) is 5.75 Å². The third kappa shape index (κ3) is 4.37.